The second kappa shape index (κ2) is 17.6. The van der Waals surface area contributed by atoms with E-state index in [1.807, 2.05) is 0 Å². The van der Waals surface area contributed by atoms with E-state index < -0.39 is 0 Å². The van der Waals surface area contributed by atoms with Crippen LogP contribution in [0.25, 0.3) is 11.0 Å². The van der Waals surface area contributed by atoms with Gasteiger partial charge < -0.3 is 25.1 Å². The number of benzene rings is 3. The summed E-state index contributed by atoms with van der Waals surface area (Å²) in [5, 5.41) is 6.90. The van der Waals surface area contributed by atoms with Gasteiger partial charge in [0.1, 0.15) is 11.5 Å². The molecular formula is C46H57N5O3. The molecule has 5 unspecified atom stereocenters. The molecule has 7 rings (SSSR count). The quantitative estimate of drug-likeness (QED) is 0.105. The van der Waals surface area contributed by atoms with Gasteiger partial charge in [-0.25, -0.2) is 4.98 Å². The van der Waals surface area contributed by atoms with E-state index in [1.54, 1.807) is 30.9 Å². The first-order valence-corrected chi connectivity index (χ1v) is 20.1. The fourth-order valence-electron chi connectivity index (χ4n) is 8.83. The third kappa shape index (κ3) is 9.89. The number of amides is 1. The number of imidazole rings is 1. The van der Waals surface area contributed by atoms with Crippen molar-refractivity contribution in [2.75, 3.05) is 13.1 Å². The minimum absolute atomic E-state index is 0.0521. The zero-order valence-electron chi connectivity index (χ0n) is 32.4. The normalized spacial score (nSPS) is 22.7. The van der Waals surface area contributed by atoms with Crippen molar-refractivity contribution in [1.29, 1.82) is 0 Å². The van der Waals surface area contributed by atoms with Crippen LogP contribution < -0.4 is 20.1 Å². The Balaban J connectivity index is 0.988. The van der Waals surface area contributed by atoms with Crippen molar-refractivity contribution >= 4 is 16.9 Å². The van der Waals surface area contributed by atoms with Crippen LogP contribution in [-0.2, 0) is 6.54 Å². The molecule has 0 bridgehead atoms. The van der Waals surface area contributed by atoms with Gasteiger partial charge in [0.25, 0.3) is 5.91 Å². The van der Waals surface area contributed by atoms with Gasteiger partial charge in [0.05, 0.1) is 29.6 Å². The molecule has 8 heteroatoms. The third-order valence-electron chi connectivity index (χ3n) is 11.9. The highest BCUT2D eigenvalue weighted by Crippen LogP contribution is 2.42. The summed E-state index contributed by atoms with van der Waals surface area (Å²) in [6.45, 7) is 11.4. The zero-order chi connectivity index (χ0) is 37.4. The highest BCUT2D eigenvalue weighted by molar-refractivity contribution is 5.93. The van der Waals surface area contributed by atoms with Gasteiger partial charge in [0.2, 0.25) is 0 Å². The standard InChI is InChI=1S/C46H57N5O3/c1-30-7-5-9-40(18-30)53-43-23-37(33(4)27-49-46(52)35-13-15-47-16-14-35)21-39(25-43)38-17-31(2)19-42(24-38)54-41-10-6-8-36(22-41)32(3)26-48-28-34-11-12-44-45(20-34)51-29-50-44/h5,7,9,11-20,24,29,32-33,36-37,39,41,43,48H,6,8,10,21-23,25-28H2,1-4H3,(H,49,52)(H,50,51)/t32?,33?,36?,37?,39?,41-,43+/m1/s1. The van der Waals surface area contributed by atoms with Gasteiger partial charge in [-0.15, -0.1) is 0 Å². The molecule has 0 spiro atoms. The second-order valence-corrected chi connectivity index (χ2v) is 16.3. The highest BCUT2D eigenvalue weighted by Gasteiger charge is 2.35. The van der Waals surface area contributed by atoms with Crippen molar-refractivity contribution < 1.29 is 14.3 Å². The molecule has 54 heavy (non-hydrogen) atoms. The van der Waals surface area contributed by atoms with Crippen LogP contribution in [0.1, 0.15) is 97.3 Å². The number of hydrogen-bond acceptors (Lipinski definition) is 6. The van der Waals surface area contributed by atoms with E-state index in [9.17, 15) is 4.79 Å². The second-order valence-electron chi connectivity index (χ2n) is 16.3. The molecule has 7 atom stereocenters. The molecule has 2 aliphatic carbocycles. The molecule has 0 radical (unpaired) electrons. The number of nitrogens with zero attached hydrogens (tertiary/aromatic N) is 2. The molecule has 3 aromatic carbocycles. The Morgan fingerprint density at radius 3 is 2.46 bits per heavy atom. The molecule has 0 aliphatic heterocycles. The third-order valence-corrected chi connectivity index (χ3v) is 11.9. The van der Waals surface area contributed by atoms with E-state index in [4.69, 9.17) is 9.47 Å². The monoisotopic (exact) mass is 727 g/mol. The summed E-state index contributed by atoms with van der Waals surface area (Å²) in [4.78, 5) is 24.5. The lowest BCUT2D eigenvalue weighted by Crippen LogP contribution is -2.37. The maximum atomic E-state index is 12.9. The van der Waals surface area contributed by atoms with E-state index in [-0.39, 0.29) is 18.1 Å². The summed E-state index contributed by atoms with van der Waals surface area (Å²) in [6.07, 6.45) is 13.0. The number of carbonyl (C=O) groups excluding carboxylic acids is 1. The summed E-state index contributed by atoms with van der Waals surface area (Å²) >= 11 is 0. The average molecular weight is 728 g/mol. The fraction of sp³-hybridized carbons (Fsp3) is 0.457. The summed E-state index contributed by atoms with van der Waals surface area (Å²) < 4.78 is 13.6. The largest absolute Gasteiger partial charge is 0.490 e. The molecule has 5 aromatic rings. The Kier molecular flexibility index (Phi) is 12.3. The molecule has 0 saturated heterocycles. The van der Waals surface area contributed by atoms with Gasteiger partial charge in [-0.3, -0.25) is 9.78 Å². The van der Waals surface area contributed by atoms with Gasteiger partial charge in [-0.05, 0) is 166 Å². The van der Waals surface area contributed by atoms with Crippen molar-refractivity contribution in [2.24, 2.45) is 23.7 Å². The van der Waals surface area contributed by atoms with Gasteiger partial charge in [-0.2, -0.15) is 0 Å². The SMILES string of the molecule is Cc1cccc(O[C@@H]2CC(c3cc(C)cc(O[C@@H]4CCCC(C(C)CNCc5ccc6nc[nH]c6c5)C4)c3)CC(C(C)CNC(=O)c3ccncc3)C2)c1. The van der Waals surface area contributed by atoms with Crippen molar-refractivity contribution in [3.63, 3.8) is 0 Å². The van der Waals surface area contributed by atoms with E-state index in [0.29, 0.717) is 41.7 Å². The number of aromatic amines is 1. The summed E-state index contributed by atoms with van der Waals surface area (Å²) in [5.74, 6) is 4.09. The van der Waals surface area contributed by atoms with Crippen LogP contribution in [-0.4, -0.2) is 46.2 Å². The van der Waals surface area contributed by atoms with Crippen LogP contribution in [0.3, 0.4) is 0 Å². The van der Waals surface area contributed by atoms with Crippen LogP contribution in [0.15, 0.2) is 91.5 Å². The minimum atomic E-state index is -0.0521. The molecule has 3 N–H and O–H groups in total. The van der Waals surface area contributed by atoms with Crippen LogP contribution in [0, 0.1) is 37.5 Å². The summed E-state index contributed by atoms with van der Waals surface area (Å²) in [7, 11) is 0. The van der Waals surface area contributed by atoms with E-state index in [2.05, 4.69) is 114 Å². The Labute approximate surface area is 320 Å². The van der Waals surface area contributed by atoms with E-state index in [0.717, 1.165) is 67.7 Å². The highest BCUT2D eigenvalue weighted by atomic mass is 16.5. The van der Waals surface area contributed by atoms with Crippen molar-refractivity contribution in [3.8, 4) is 11.5 Å². The lowest BCUT2D eigenvalue weighted by molar-refractivity contribution is 0.0837. The molecule has 1 amide bonds. The van der Waals surface area contributed by atoms with Gasteiger partial charge in [0, 0.05) is 31.0 Å². The Morgan fingerprint density at radius 1 is 0.815 bits per heavy atom. The van der Waals surface area contributed by atoms with Crippen LogP contribution >= 0.6 is 0 Å². The lowest BCUT2D eigenvalue weighted by Gasteiger charge is -2.38. The number of ether oxygens (including phenoxy) is 2. The molecule has 8 nitrogen and oxygen atoms in total. The number of pyridine rings is 1. The number of H-pyrrole nitrogens is 1. The van der Waals surface area contributed by atoms with Gasteiger partial charge in [-0.1, -0.05) is 38.1 Å². The number of hydrogen-bond donors (Lipinski definition) is 3. The number of fused-ring (bicyclic) bond motifs is 1. The lowest BCUT2D eigenvalue weighted by atomic mass is 9.72. The smallest absolute Gasteiger partial charge is 0.251 e. The Hall–Kier alpha value is -4.69. The summed E-state index contributed by atoms with van der Waals surface area (Å²) in [6, 6.07) is 25.2. The topological polar surface area (TPSA) is 101 Å². The Morgan fingerprint density at radius 2 is 1.61 bits per heavy atom. The van der Waals surface area contributed by atoms with Gasteiger partial charge >= 0.3 is 0 Å². The predicted octanol–water partition coefficient (Wildman–Crippen LogP) is 9.34. The first-order chi connectivity index (χ1) is 26.3. The first-order valence-electron chi connectivity index (χ1n) is 20.1. The molecule has 2 saturated carbocycles. The number of rotatable bonds is 14. The number of carbonyl (C=O) groups is 1. The minimum Gasteiger partial charge on any atom is -0.490 e. The van der Waals surface area contributed by atoms with Crippen LogP contribution in [0.2, 0.25) is 0 Å². The van der Waals surface area contributed by atoms with Crippen molar-refractivity contribution in [3.05, 3.63) is 119 Å². The van der Waals surface area contributed by atoms with E-state index >= 15 is 0 Å². The molecule has 2 fully saturated rings. The maximum absolute atomic E-state index is 12.9. The van der Waals surface area contributed by atoms with Crippen molar-refractivity contribution in [2.45, 2.75) is 97.3 Å². The average Bonchev–Trinajstić information content (AvgIpc) is 3.65. The fourth-order valence-corrected chi connectivity index (χ4v) is 8.83. The van der Waals surface area contributed by atoms with E-state index in [1.165, 1.54) is 35.1 Å². The zero-order valence-corrected chi connectivity index (χ0v) is 32.4. The van der Waals surface area contributed by atoms with Gasteiger partial charge in [0.15, 0.2) is 0 Å². The molecule has 284 valence electrons. The van der Waals surface area contributed by atoms with Crippen molar-refractivity contribution in [1.82, 2.24) is 25.6 Å². The molecule has 2 aromatic heterocycles. The Bertz CT molecular complexity index is 1980. The molecule has 2 heterocycles. The predicted molar refractivity (Wildman–Crippen MR) is 216 cm³/mol. The molecular weight excluding hydrogens is 671 g/mol. The summed E-state index contributed by atoms with van der Waals surface area (Å²) in [5.41, 5.74) is 7.78. The number of aromatic nitrogens is 3. The number of aryl methyl sites for hydroxylation is 2. The van der Waals surface area contributed by atoms with Crippen LogP contribution in [0.4, 0.5) is 0 Å². The maximum Gasteiger partial charge on any atom is 0.251 e. The number of nitrogens with one attached hydrogen (secondary N) is 3. The molecule has 2 aliphatic rings. The van der Waals surface area contributed by atoms with Crippen LogP contribution in [0.5, 0.6) is 11.5 Å². The first kappa shape index (κ1) is 37.6.